The molecule has 0 spiro atoms. The minimum atomic E-state index is -0.0788. The Morgan fingerprint density at radius 3 is 2.72 bits per heavy atom. The number of hydrogen-bond donors (Lipinski definition) is 3. The Labute approximate surface area is 170 Å². The Balaban J connectivity index is 1.47. The molecule has 150 valence electrons. The van der Waals surface area contributed by atoms with Crippen molar-refractivity contribution in [2.24, 2.45) is 11.7 Å². The number of benzene rings is 1. The standard InChI is InChI=1S/C22H27N7/c1-3-17-10-20(28-27-17)25-19-11-18(9-15-7-5-4-6-8-15)24-21(26-19)29-13-16-12-22(16,23)14(29)2/h4-8,10-11,14,16H,3,9,12-13,23H2,1-2H3,(H2,24,25,26,27,28). The van der Waals surface area contributed by atoms with Gasteiger partial charge in [-0.1, -0.05) is 37.3 Å². The summed E-state index contributed by atoms with van der Waals surface area (Å²) in [5.41, 5.74) is 9.75. The highest BCUT2D eigenvalue weighted by Gasteiger charge is 2.62. The maximum Gasteiger partial charge on any atom is 0.227 e. The fourth-order valence-electron chi connectivity index (χ4n) is 4.36. The minimum absolute atomic E-state index is 0.0788. The van der Waals surface area contributed by atoms with E-state index in [9.17, 15) is 0 Å². The molecule has 3 aromatic rings. The molecular formula is C22H27N7. The van der Waals surface area contributed by atoms with E-state index >= 15 is 0 Å². The van der Waals surface area contributed by atoms with Gasteiger partial charge in [-0.2, -0.15) is 10.1 Å². The highest BCUT2D eigenvalue weighted by atomic mass is 15.3. The quantitative estimate of drug-likeness (QED) is 0.600. The second-order valence-electron chi connectivity index (χ2n) is 8.31. The van der Waals surface area contributed by atoms with Gasteiger partial charge in [0.2, 0.25) is 5.95 Å². The summed E-state index contributed by atoms with van der Waals surface area (Å²) in [5, 5.41) is 10.7. The molecule has 4 N–H and O–H groups in total. The van der Waals surface area contributed by atoms with E-state index in [0.717, 1.165) is 54.8 Å². The molecule has 5 rings (SSSR count). The van der Waals surface area contributed by atoms with Gasteiger partial charge < -0.3 is 16.0 Å². The zero-order chi connectivity index (χ0) is 20.0. The van der Waals surface area contributed by atoms with E-state index in [2.05, 4.69) is 58.5 Å². The molecule has 0 bridgehead atoms. The lowest BCUT2D eigenvalue weighted by Gasteiger charge is -2.28. The number of nitrogens with two attached hydrogens (primary N) is 1. The number of anilines is 3. The van der Waals surface area contributed by atoms with Gasteiger partial charge in [0.05, 0.1) is 5.69 Å². The second-order valence-corrected chi connectivity index (χ2v) is 8.31. The molecule has 3 unspecified atom stereocenters. The zero-order valence-corrected chi connectivity index (χ0v) is 16.9. The van der Waals surface area contributed by atoms with Crippen molar-refractivity contribution in [2.45, 2.75) is 44.7 Å². The SMILES string of the molecule is CCc1cc(Nc2cc(Cc3ccccc3)nc(N3CC4CC4(N)C3C)n2)n[nH]1. The summed E-state index contributed by atoms with van der Waals surface area (Å²) in [6.07, 6.45) is 2.77. The maximum absolute atomic E-state index is 6.54. The van der Waals surface area contributed by atoms with Crippen LogP contribution in [0, 0.1) is 5.92 Å². The summed E-state index contributed by atoms with van der Waals surface area (Å²) in [4.78, 5) is 12.0. The number of nitrogens with zero attached hydrogens (tertiary/aromatic N) is 4. The van der Waals surface area contributed by atoms with E-state index in [1.165, 1.54) is 5.56 Å². The second kappa shape index (κ2) is 6.84. The maximum atomic E-state index is 6.54. The van der Waals surface area contributed by atoms with Crippen LogP contribution in [-0.2, 0) is 12.8 Å². The van der Waals surface area contributed by atoms with Gasteiger partial charge >= 0.3 is 0 Å². The minimum Gasteiger partial charge on any atom is -0.336 e. The van der Waals surface area contributed by atoms with E-state index in [1.54, 1.807) is 0 Å². The number of rotatable bonds is 6. The van der Waals surface area contributed by atoms with Crippen molar-refractivity contribution >= 4 is 17.6 Å². The van der Waals surface area contributed by atoms with Crippen LogP contribution < -0.4 is 16.0 Å². The third-order valence-electron chi connectivity index (χ3n) is 6.38. The van der Waals surface area contributed by atoms with Crippen molar-refractivity contribution in [3.63, 3.8) is 0 Å². The Morgan fingerprint density at radius 1 is 1.21 bits per heavy atom. The Hall–Kier alpha value is -2.93. The highest BCUT2D eigenvalue weighted by Crippen LogP contribution is 2.52. The Bertz CT molecular complexity index is 1020. The molecule has 7 nitrogen and oxygen atoms in total. The topological polar surface area (TPSA) is 95.8 Å². The lowest BCUT2D eigenvalue weighted by molar-refractivity contribution is 0.555. The predicted molar refractivity (Wildman–Crippen MR) is 114 cm³/mol. The van der Waals surface area contributed by atoms with Gasteiger partial charge in [0.1, 0.15) is 5.82 Å². The van der Waals surface area contributed by atoms with Crippen molar-refractivity contribution in [3.05, 3.63) is 59.4 Å². The van der Waals surface area contributed by atoms with E-state index in [4.69, 9.17) is 15.7 Å². The summed E-state index contributed by atoms with van der Waals surface area (Å²) in [7, 11) is 0. The van der Waals surface area contributed by atoms with E-state index in [-0.39, 0.29) is 11.6 Å². The van der Waals surface area contributed by atoms with E-state index in [1.807, 2.05) is 18.2 Å². The summed E-state index contributed by atoms with van der Waals surface area (Å²) in [5.74, 6) is 2.82. The zero-order valence-electron chi connectivity index (χ0n) is 16.9. The fourth-order valence-corrected chi connectivity index (χ4v) is 4.36. The average molecular weight is 390 g/mol. The largest absolute Gasteiger partial charge is 0.336 e. The molecule has 0 amide bonds. The lowest BCUT2D eigenvalue weighted by Crippen LogP contribution is -2.43. The predicted octanol–water partition coefficient (Wildman–Crippen LogP) is 3.02. The van der Waals surface area contributed by atoms with Crippen LogP contribution in [0.5, 0.6) is 0 Å². The van der Waals surface area contributed by atoms with Gasteiger partial charge in [-0.25, -0.2) is 4.98 Å². The van der Waals surface area contributed by atoms with Crippen molar-refractivity contribution in [3.8, 4) is 0 Å². The van der Waals surface area contributed by atoms with Crippen molar-refractivity contribution < 1.29 is 0 Å². The van der Waals surface area contributed by atoms with Crippen molar-refractivity contribution in [1.82, 2.24) is 20.2 Å². The van der Waals surface area contributed by atoms with Gasteiger partial charge in [0.25, 0.3) is 0 Å². The molecule has 7 heteroatoms. The van der Waals surface area contributed by atoms with Gasteiger partial charge in [-0.05, 0) is 31.2 Å². The average Bonchev–Trinajstić information content (AvgIpc) is 3.05. The number of aryl methyl sites for hydroxylation is 1. The molecule has 1 saturated carbocycles. The molecule has 0 radical (unpaired) electrons. The van der Waals surface area contributed by atoms with Crippen LogP contribution in [0.3, 0.4) is 0 Å². The highest BCUT2D eigenvalue weighted by molar-refractivity contribution is 5.56. The molecule has 3 atom stereocenters. The van der Waals surface area contributed by atoms with Crippen LogP contribution in [0.1, 0.15) is 37.2 Å². The molecule has 1 aliphatic carbocycles. The van der Waals surface area contributed by atoms with Crippen LogP contribution in [-0.4, -0.2) is 38.3 Å². The van der Waals surface area contributed by atoms with Gasteiger partial charge in [0.15, 0.2) is 5.82 Å². The molecular weight excluding hydrogens is 362 g/mol. The van der Waals surface area contributed by atoms with Crippen molar-refractivity contribution in [2.75, 3.05) is 16.8 Å². The number of nitrogens with one attached hydrogen (secondary N) is 2. The fraction of sp³-hybridized carbons (Fsp3) is 0.409. The Kier molecular flexibility index (Phi) is 4.28. The van der Waals surface area contributed by atoms with Gasteiger partial charge in [0, 0.05) is 42.4 Å². The Morgan fingerprint density at radius 2 is 2.03 bits per heavy atom. The molecule has 2 aromatic heterocycles. The normalized spacial score (nSPS) is 25.1. The molecule has 2 aliphatic rings. The van der Waals surface area contributed by atoms with Gasteiger partial charge in [-0.3, -0.25) is 5.10 Å². The van der Waals surface area contributed by atoms with Crippen LogP contribution in [0.2, 0.25) is 0 Å². The molecule has 2 fully saturated rings. The van der Waals surface area contributed by atoms with E-state index < -0.39 is 0 Å². The van der Waals surface area contributed by atoms with Crippen LogP contribution in [0.25, 0.3) is 0 Å². The number of aromatic amines is 1. The van der Waals surface area contributed by atoms with Crippen LogP contribution in [0.4, 0.5) is 17.6 Å². The van der Waals surface area contributed by atoms with Crippen LogP contribution in [0.15, 0.2) is 42.5 Å². The molecule has 3 heterocycles. The van der Waals surface area contributed by atoms with E-state index in [0.29, 0.717) is 5.92 Å². The lowest BCUT2D eigenvalue weighted by atomic mass is 10.1. The van der Waals surface area contributed by atoms with Crippen LogP contribution >= 0.6 is 0 Å². The first-order chi connectivity index (χ1) is 14.0. The number of piperidine rings is 1. The first kappa shape index (κ1) is 18.1. The molecule has 1 saturated heterocycles. The molecule has 29 heavy (non-hydrogen) atoms. The number of H-pyrrole nitrogens is 1. The molecule has 1 aromatic carbocycles. The number of hydrogen-bond acceptors (Lipinski definition) is 6. The third-order valence-corrected chi connectivity index (χ3v) is 6.38. The number of fused-ring (bicyclic) bond motifs is 1. The third kappa shape index (κ3) is 3.35. The first-order valence-corrected chi connectivity index (χ1v) is 10.3. The summed E-state index contributed by atoms with van der Waals surface area (Å²) >= 11 is 0. The summed E-state index contributed by atoms with van der Waals surface area (Å²) in [6.45, 7) is 5.21. The first-order valence-electron chi connectivity index (χ1n) is 10.3. The van der Waals surface area contributed by atoms with Gasteiger partial charge in [-0.15, -0.1) is 0 Å². The summed E-state index contributed by atoms with van der Waals surface area (Å²) in [6, 6.07) is 14.7. The number of aromatic nitrogens is 4. The smallest absolute Gasteiger partial charge is 0.227 e. The van der Waals surface area contributed by atoms with Crippen molar-refractivity contribution in [1.29, 1.82) is 0 Å². The summed E-state index contributed by atoms with van der Waals surface area (Å²) < 4.78 is 0. The molecule has 1 aliphatic heterocycles. The monoisotopic (exact) mass is 389 g/mol.